The number of hydrogen-bond acceptors (Lipinski definition) is 39. The van der Waals surface area contributed by atoms with E-state index in [0.29, 0.717) is 16.8 Å². The zero-order valence-corrected chi connectivity index (χ0v) is 74.0. The van der Waals surface area contributed by atoms with Crippen LogP contribution in [-0.4, -0.2) is 171 Å². The molecule has 9 N–H and O–H groups in total. The van der Waals surface area contributed by atoms with Crippen molar-refractivity contribution in [3.05, 3.63) is 289 Å². The molecule has 0 unspecified atom stereocenters. The molecule has 4 aromatic heterocycles. The van der Waals surface area contributed by atoms with Gasteiger partial charge in [-0.1, -0.05) is 109 Å². The molecule has 14 aromatic rings. The molecule has 134 heavy (non-hydrogen) atoms. The maximum absolute atomic E-state index is 15.0. The second-order valence-electron chi connectivity index (χ2n) is 27.6. The van der Waals surface area contributed by atoms with E-state index in [0.717, 1.165) is 41.0 Å². The van der Waals surface area contributed by atoms with Gasteiger partial charge in [0.1, 0.15) is 27.1 Å². The van der Waals surface area contributed by atoms with E-state index in [2.05, 4.69) is 56.5 Å². The lowest BCUT2D eigenvalue weighted by molar-refractivity contribution is 0.102. The van der Waals surface area contributed by atoms with Gasteiger partial charge >= 0.3 is 54.5 Å². The molecule has 45 nitrogen and oxygen atoms in total. The number of aryl methyl sites for hydroxylation is 3. The molecule has 53 heteroatoms. The fourth-order valence-corrected chi connectivity index (χ4v) is 16.3. The quantitative estimate of drug-likeness (QED) is 0.0148. The van der Waals surface area contributed by atoms with E-state index in [-0.39, 0.29) is 155 Å². The van der Waals surface area contributed by atoms with Crippen LogP contribution < -0.4 is 47.2 Å². The minimum atomic E-state index is -5.10. The van der Waals surface area contributed by atoms with E-state index in [1.165, 1.54) is 91.5 Å². The van der Waals surface area contributed by atoms with Gasteiger partial charge < -0.3 is 45.2 Å². The van der Waals surface area contributed by atoms with Crippen LogP contribution in [0.2, 0.25) is 0 Å². The number of ketones is 4. The molecule has 2 aliphatic carbocycles. The third-order valence-corrected chi connectivity index (χ3v) is 22.9. The molecule has 0 saturated carbocycles. The van der Waals surface area contributed by atoms with Crippen molar-refractivity contribution in [3.63, 3.8) is 0 Å². The van der Waals surface area contributed by atoms with Crippen LogP contribution in [0.3, 0.4) is 0 Å². The van der Waals surface area contributed by atoms with Crippen LogP contribution in [0.25, 0.3) is 44.1 Å². The summed E-state index contributed by atoms with van der Waals surface area (Å²) in [5, 5.41) is 15.4. The van der Waals surface area contributed by atoms with E-state index in [1.807, 2.05) is 0 Å². The van der Waals surface area contributed by atoms with Gasteiger partial charge in [-0.2, -0.15) is 63.6 Å². The van der Waals surface area contributed by atoms with E-state index in [9.17, 15) is 80.6 Å². The number of rotatable bonds is 25. The van der Waals surface area contributed by atoms with Gasteiger partial charge in [-0.15, -0.1) is 50.5 Å². The number of carbonyl (C=O) groups is 4. The normalized spacial score (nSPS) is 11.6. The number of ether oxygens (including phenoxy) is 2. The van der Waals surface area contributed by atoms with Crippen LogP contribution >= 0.6 is 0 Å². The number of hydrogen-bond donors (Lipinski definition) is 9. The van der Waals surface area contributed by atoms with E-state index >= 15 is 0 Å². The summed E-state index contributed by atoms with van der Waals surface area (Å²) in [6, 6.07) is 50.5. The zero-order valence-electron chi connectivity index (χ0n) is 67.5. The summed E-state index contributed by atoms with van der Waals surface area (Å²) < 4.78 is 258. The van der Waals surface area contributed by atoms with Gasteiger partial charge in [0, 0.05) is 82.6 Å². The Hall–Kier alpha value is -16.0. The Balaban J connectivity index is 0.000000937. The Morgan fingerprint density at radius 3 is 1.25 bits per heavy atom. The van der Waals surface area contributed by atoms with Gasteiger partial charge in [0.25, 0.3) is 51.6 Å². The van der Waals surface area contributed by atoms with Crippen LogP contribution in [-0.2, 0) is 103 Å². The molecule has 0 amide bonds. The summed E-state index contributed by atoms with van der Waals surface area (Å²) in [6.07, 6.45) is 0.162. The average Bonchev–Trinajstić information content (AvgIpc) is 0.709. The lowest BCUT2D eigenvalue weighted by atomic mass is 9.80. The summed E-state index contributed by atoms with van der Waals surface area (Å²) in [5.41, 5.74) is -1.18. The number of aromatic nitrogens is 8. The molecule has 16 rings (SSSR count). The monoisotopic (exact) mass is 1980 g/mol. The summed E-state index contributed by atoms with van der Waals surface area (Å²) in [7, 11) is -29.3. The number of nitrogens with one attached hydrogen (secondary N) is 5. The summed E-state index contributed by atoms with van der Waals surface area (Å²) in [5.74, 6) is -3.12. The fraction of sp³-hybridized carbons (Fsp3) is 0.0617. The molecule has 0 radical (unpaired) electrons. The SMILES string of the molecule is Cn1c(=O)c(C(=O)c2ccccc2)c2c3c(c(Nc4ccc(S(=O)(=O)O)c(Nc5nc(NCCCc6nc(Nc7ccc(S(=O)(=O)O)c(Nc8ccc9c%10c8C(=O)c8ccccc8-c%10c(C(=O)c8cccc(S(=O)(=O)O)c8)c(=O)n9C)c7)nc(Oc7ccccc7)n6)nc(Oc6ccc(S(=O)(=O)O)cc6)n5)c4)ccc31)C(=O)c1ccccc1-2.O=S(=O)=O.O=S(=O)=O.O=S(=O)=O.O=S(=O)=O. The predicted molar refractivity (Wildman–Crippen MR) is 469 cm³/mol. The molecular weight excluding hydrogens is 1920 g/mol. The Kier molecular flexibility index (Phi) is 29.1. The largest absolute Gasteiger partial charge is 0.425 e. The van der Waals surface area contributed by atoms with E-state index in [1.54, 1.807) is 109 Å². The standard InChI is InChI=1S/C81H57N13O20S4.4O3S/c1-93-58-34-32-54(65-67(58)63(50-21-9-11-23-52(50)73(65)97)69(75(93)99)71(95)42-15-5-3-6-16-42)83-44-26-36-61(118(110,111)112)57(40-44)86-79-89-77(90-81(92-79)114-47-28-30-48(31-29-47)115(101,102)103)82-38-14-25-62-87-78(91-80(88-62)113-46-18-7-4-8-19-46)84-45-27-37-60(117(107,108)109)56(41-45)85-55-33-35-59-68-64(51-22-10-12-24-53(51)74(98)66(55)68)70(76(100)94(59)2)72(96)43-17-13-20-49(39-43)116(104,105)106;4*1-4(2)3/h3-13,15-24,26-37,39-41,83,85H,14,25,38H2,1-2H3,(H,101,102,103)(H,104,105,106)(H,107,108,109)(H,110,111,112)(H,84,87,88,91)(H2,82,86,89,90,92);;;;. The second-order valence-corrected chi connectivity index (χ2v) is 34.8. The molecule has 2 aliphatic rings. The summed E-state index contributed by atoms with van der Waals surface area (Å²) in [6.45, 7) is -0.0165. The second kappa shape index (κ2) is 40.2. The van der Waals surface area contributed by atoms with Crippen LogP contribution in [0.15, 0.2) is 248 Å². The first-order valence-corrected chi connectivity index (χ1v) is 47.0. The smallest absolute Gasteiger partial charge is 0.424 e. The molecule has 0 spiro atoms. The third-order valence-electron chi connectivity index (χ3n) is 19.3. The van der Waals surface area contributed by atoms with Crippen molar-refractivity contribution in [3.8, 4) is 45.8 Å². The molecule has 0 fully saturated rings. The minimum Gasteiger partial charge on any atom is -0.424 e. The van der Waals surface area contributed by atoms with Crippen molar-refractivity contribution in [1.29, 1.82) is 0 Å². The Labute approximate surface area is 759 Å². The highest BCUT2D eigenvalue weighted by Gasteiger charge is 2.38. The van der Waals surface area contributed by atoms with Gasteiger partial charge in [-0.05, 0) is 127 Å². The Bertz CT molecular complexity index is 8280. The first-order chi connectivity index (χ1) is 63.2. The third kappa shape index (κ3) is 22.5. The van der Waals surface area contributed by atoms with Crippen LogP contribution in [0.4, 0.5) is 52.0 Å². The molecule has 686 valence electrons. The number of benzene rings is 10. The van der Waals surface area contributed by atoms with Crippen molar-refractivity contribution >= 4 is 180 Å². The lowest BCUT2D eigenvalue weighted by Crippen LogP contribution is -2.29. The lowest BCUT2D eigenvalue weighted by Gasteiger charge is -2.26. The fourth-order valence-electron chi connectivity index (χ4n) is 14.0. The molecule has 0 bridgehead atoms. The first-order valence-electron chi connectivity index (χ1n) is 37.3. The number of carbonyl (C=O) groups excluding carboxylic acids is 4. The average molecular weight is 1980 g/mol. The van der Waals surface area contributed by atoms with Gasteiger partial charge in [0.05, 0.1) is 65.8 Å². The maximum Gasteiger partial charge on any atom is 0.425 e. The molecular formula is C81H57N13O32S8. The van der Waals surface area contributed by atoms with Gasteiger partial charge in [0.15, 0.2) is 23.1 Å². The molecule has 10 aromatic carbocycles. The molecule has 4 heterocycles. The number of pyridine rings is 2. The van der Waals surface area contributed by atoms with Crippen LogP contribution in [0.5, 0.6) is 23.5 Å². The van der Waals surface area contributed by atoms with Crippen molar-refractivity contribution < 1.29 is 131 Å². The Morgan fingerprint density at radius 2 is 0.769 bits per heavy atom. The van der Waals surface area contributed by atoms with Crippen LogP contribution in [0, 0.1) is 0 Å². The van der Waals surface area contributed by atoms with Crippen molar-refractivity contribution in [2.45, 2.75) is 32.4 Å². The van der Waals surface area contributed by atoms with E-state index < -0.39 is 154 Å². The molecule has 0 saturated heterocycles. The minimum absolute atomic E-state index is 0.00937. The first kappa shape index (κ1) is 97.1. The maximum atomic E-state index is 15.0. The number of fused-ring (bicyclic) bond motifs is 4. The topological polar surface area (TPSA) is 691 Å². The van der Waals surface area contributed by atoms with Gasteiger partial charge in [0.2, 0.25) is 17.8 Å². The van der Waals surface area contributed by atoms with Crippen molar-refractivity contribution in [2.75, 3.05) is 33.1 Å². The zero-order chi connectivity index (χ0) is 97.3. The summed E-state index contributed by atoms with van der Waals surface area (Å²) >= 11 is 0. The number of nitrogens with zero attached hydrogens (tertiary/aromatic N) is 8. The highest BCUT2D eigenvalue weighted by atomic mass is 32.2. The van der Waals surface area contributed by atoms with Crippen molar-refractivity contribution in [1.82, 2.24) is 39.0 Å². The highest BCUT2D eigenvalue weighted by Crippen LogP contribution is 2.48. The van der Waals surface area contributed by atoms with Crippen LogP contribution in [0.1, 0.15) is 75.9 Å². The predicted octanol–water partition coefficient (Wildman–Crippen LogP) is 8.22. The van der Waals surface area contributed by atoms with Gasteiger partial charge in [-0.3, -0.25) is 47.0 Å². The molecule has 0 aliphatic heterocycles. The number of para-hydroxylation sites is 1. The summed E-state index contributed by atoms with van der Waals surface area (Å²) in [4.78, 5) is 112. The number of anilines is 9. The Morgan fingerprint density at radius 1 is 0.366 bits per heavy atom. The van der Waals surface area contributed by atoms with E-state index in [4.69, 9.17) is 60.0 Å². The highest BCUT2D eigenvalue weighted by molar-refractivity contribution is 7.86. The molecule has 0 atom stereocenters. The van der Waals surface area contributed by atoms with Crippen molar-refractivity contribution in [2.24, 2.45) is 14.1 Å². The van der Waals surface area contributed by atoms with Gasteiger partial charge in [-0.25, -0.2) is 0 Å².